The van der Waals surface area contributed by atoms with Crippen LogP contribution in [0.4, 0.5) is 5.69 Å². The molecule has 0 saturated carbocycles. The Morgan fingerprint density at radius 3 is 2.63 bits per heavy atom. The average molecular weight is 470 g/mol. The number of nitrogens with one attached hydrogen (secondary N) is 1. The molecule has 0 spiro atoms. The van der Waals surface area contributed by atoms with Crippen LogP contribution in [0.25, 0.3) is 10.8 Å². The van der Waals surface area contributed by atoms with Gasteiger partial charge in [0.25, 0.3) is 11.5 Å². The highest BCUT2D eigenvalue weighted by atomic mass is 16.4. The van der Waals surface area contributed by atoms with Gasteiger partial charge in [0, 0.05) is 36.8 Å². The van der Waals surface area contributed by atoms with Crippen LogP contribution in [-0.2, 0) is 19.7 Å². The number of likely N-dealkylation sites (tertiary alicyclic amines) is 1. The number of rotatable bonds is 5. The van der Waals surface area contributed by atoms with Crippen LogP contribution in [0.15, 0.2) is 75.9 Å². The molecule has 6 rings (SSSR count). The van der Waals surface area contributed by atoms with Crippen molar-refractivity contribution in [3.8, 4) is 0 Å². The number of nitrogens with zero attached hydrogens (tertiary/aromatic N) is 2. The number of aliphatic hydroxyl groups excluding tert-OH is 1. The Hall–Kier alpha value is -3.84. The molecule has 0 aliphatic carbocycles. The molecule has 2 N–H and O–H groups in total. The second-order valence-electron chi connectivity index (χ2n) is 9.54. The van der Waals surface area contributed by atoms with E-state index in [4.69, 9.17) is 9.52 Å². The smallest absolute Gasteiger partial charge is 0.274 e. The predicted molar refractivity (Wildman–Crippen MR) is 133 cm³/mol. The van der Waals surface area contributed by atoms with Gasteiger partial charge in [-0.25, -0.2) is 0 Å². The summed E-state index contributed by atoms with van der Waals surface area (Å²) in [6.07, 6.45) is 0.990. The van der Waals surface area contributed by atoms with Crippen molar-refractivity contribution in [3.05, 3.63) is 99.9 Å². The molecule has 2 atom stereocenters. The summed E-state index contributed by atoms with van der Waals surface area (Å²) in [5.41, 5.74) is 2.19. The Kier molecular flexibility index (Phi) is 5.41. The van der Waals surface area contributed by atoms with Crippen molar-refractivity contribution in [1.82, 2.24) is 9.47 Å². The molecular formula is C28H27N3O4. The van der Waals surface area contributed by atoms with Crippen LogP contribution >= 0.6 is 0 Å². The number of furan rings is 1. The summed E-state index contributed by atoms with van der Waals surface area (Å²) >= 11 is 0. The third kappa shape index (κ3) is 4.02. The lowest BCUT2D eigenvalue weighted by Crippen LogP contribution is -2.49. The number of hydrogen-bond donors (Lipinski definition) is 2. The first-order valence-corrected chi connectivity index (χ1v) is 12.0. The fraction of sp³-hybridized carbons (Fsp3) is 0.286. The highest BCUT2D eigenvalue weighted by Crippen LogP contribution is 2.36. The van der Waals surface area contributed by atoms with Gasteiger partial charge in [0.2, 0.25) is 0 Å². The fourth-order valence-corrected chi connectivity index (χ4v) is 5.54. The van der Waals surface area contributed by atoms with E-state index < -0.39 is 0 Å². The maximum absolute atomic E-state index is 13.4. The van der Waals surface area contributed by atoms with Crippen molar-refractivity contribution in [2.24, 2.45) is 5.92 Å². The van der Waals surface area contributed by atoms with E-state index in [0.29, 0.717) is 49.0 Å². The molecule has 2 aromatic carbocycles. The van der Waals surface area contributed by atoms with Crippen molar-refractivity contribution in [2.45, 2.75) is 32.0 Å². The maximum atomic E-state index is 13.4. The van der Waals surface area contributed by atoms with Gasteiger partial charge in [-0.15, -0.1) is 0 Å². The molecule has 1 saturated heterocycles. The maximum Gasteiger partial charge on any atom is 0.274 e. The normalized spacial score (nSPS) is 18.9. The second kappa shape index (κ2) is 8.74. The van der Waals surface area contributed by atoms with Gasteiger partial charge in [-0.2, -0.15) is 0 Å². The van der Waals surface area contributed by atoms with Gasteiger partial charge in [-0.1, -0.05) is 30.3 Å². The summed E-state index contributed by atoms with van der Waals surface area (Å²) in [5, 5.41) is 14.5. The van der Waals surface area contributed by atoms with Gasteiger partial charge < -0.3 is 24.3 Å². The quantitative estimate of drug-likeness (QED) is 0.462. The molecule has 0 radical (unpaired) electrons. The summed E-state index contributed by atoms with van der Waals surface area (Å²) in [6.45, 7) is 2.10. The van der Waals surface area contributed by atoms with E-state index in [2.05, 4.69) is 5.32 Å². The minimum Gasteiger partial charge on any atom is -0.462 e. The molecule has 7 nitrogen and oxygen atoms in total. The third-order valence-corrected chi connectivity index (χ3v) is 7.21. The van der Waals surface area contributed by atoms with E-state index in [1.807, 2.05) is 64.1 Å². The summed E-state index contributed by atoms with van der Waals surface area (Å²) < 4.78 is 7.38. The van der Waals surface area contributed by atoms with Gasteiger partial charge in [0.05, 0.1) is 6.54 Å². The van der Waals surface area contributed by atoms with E-state index in [-0.39, 0.29) is 29.9 Å². The predicted octanol–water partition coefficient (Wildman–Crippen LogP) is 3.96. The topological polar surface area (TPSA) is 87.7 Å². The van der Waals surface area contributed by atoms with Gasteiger partial charge in [0.15, 0.2) is 0 Å². The molecule has 2 aliphatic heterocycles. The van der Waals surface area contributed by atoms with Gasteiger partial charge in [0.1, 0.15) is 23.8 Å². The van der Waals surface area contributed by atoms with Crippen LogP contribution in [0.5, 0.6) is 0 Å². The fourth-order valence-electron chi connectivity index (χ4n) is 5.54. The zero-order valence-electron chi connectivity index (χ0n) is 19.3. The van der Waals surface area contributed by atoms with Gasteiger partial charge >= 0.3 is 0 Å². The van der Waals surface area contributed by atoms with Crippen LogP contribution in [0.1, 0.15) is 39.9 Å². The lowest BCUT2D eigenvalue weighted by molar-refractivity contribution is 0.0595. The molecule has 2 aromatic heterocycles. The lowest BCUT2D eigenvalue weighted by atomic mass is 9.83. The SMILES string of the molecule is O=C(c1ccc2ccccc2c1)N1C[C@@H]2C[C@H](C1)c1ccc(NCc3ccc(CO)o3)c(=O)n1C2. The summed E-state index contributed by atoms with van der Waals surface area (Å²) in [7, 11) is 0. The molecule has 2 aliphatic rings. The molecule has 0 unspecified atom stereocenters. The number of amides is 1. The molecular weight excluding hydrogens is 442 g/mol. The number of anilines is 1. The largest absolute Gasteiger partial charge is 0.462 e. The zero-order chi connectivity index (χ0) is 23.9. The van der Waals surface area contributed by atoms with Crippen LogP contribution in [-0.4, -0.2) is 33.6 Å². The molecule has 4 aromatic rings. The first kappa shape index (κ1) is 21.7. The van der Waals surface area contributed by atoms with Crippen LogP contribution in [0.2, 0.25) is 0 Å². The zero-order valence-corrected chi connectivity index (χ0v) is 19.3. The Labute approximate surface area is 202 Å². The van der Waals surface area contributed by atoms with Crippen molar-refractivity contribution in [3.63, 3.8) is 0 Å². The third-order valence-electron chi connectivity index (χ3n) is 7.21. The summed E-state index contributed by atoms with van der Waals surface area (Å²) in [6, 6.07) is 21.3. The lowest BCUT2D eigenvalue weighted by Gasteiger charge is -2.43. The number of fused-ring (bicyclic) bond motifs is 5. The minimum absolute atomic E-state index is 0.0413. The molecule has 7 heteroatoms. The standard InChI is InChI=1S/C28H27N3O4/c32-17-24-8-7-23(35-24)13-29-25-9-10-26-22-11-18(15-31(26)28(25)34)14-30(16-22)27(33)21-6-5-19-3-1-2-4-20(19)12-21/h1-10,12,18,22,29,32H,11,13-17H2/t18-,22+/m0/s1. The van der Waals surface area contributed by atoms with E-state index >= 15 is 0 Å². The number of benzene rings is 2. The molecule has 178 valence electrons. The Bertz CT molecular complexity index is 1470. The second-order valence-corrected chi connectivity index (χ2v) is 9.54. The number of piperidine rings is 1. The molecule has 35 heavy (non-hydrogen) atoms. The van der Waals surface area contributed by atoms with Crippen molar-refractivity contribution in [2.75, 3.05) is 18.4 Å². The molecule has 1 fully saturated rings. The van der Waals surface area contributed by atoms with Crippen molar-refractivity contribution >= 4 is 22.4 Å². The molecule has 2 bridgehead atoms. The number of pyridine rings is 1. The van der Waals surface area contributed by atoms with E-state index in [0.717, 1.165) is 22.9 Å². The number of aliphatic hydroxyl groups is 1. The highest BCUT2D eigenvalue weighted by molar-refractivity contribution is 5.98. The Morgan fingerprint density at radius 2 is 1.80 bits per heavy atom. The van der Waals surface area contributed by atoms with E-state index in [1.54, 1.807) is 12.1 Å². The van der Waals surface area contributed by atoms with E-state index in [1.165, 1.54) is 0 Å². The average Bonchev–Trinajstić information content (AvgIpc) is 3.36. The van der Waals surface area contributed by atoms with Crippen LogP contribution in [0.3, 0.4) is 0 Å². The summed E-state index contributed by atoms with van der Waals surface area (Å²) in [4.78, 5) is 28.6. The monoisotopic (exact) mass is 469 g/mol. The first-order valence-electron chi connectivity index (χ1n) is 12.0. The minimum atomic E-state index is -0.148. The summed E-state index contributed by atoms with van der Waals surface area (Å²) in [5.74, 6) is 1.61. The Morgan fingerprint density at radius 1 is 0.971 bits per heavy atom. The number of aromatic nitrogens is 1. The number of hydrogen-bond acceptors (Lipinski definition) is 5. The molecule has 4 heterocycles. The Balaban J connectivity index is 1.21. The molecule has 1 amide bonds. The number of carbonyl (C=O) groups excluding carboxylic acids is 1. The van der Waals surface area contributed by atoms with Crippen LogP contribution < -0.4 is 10.9 Å². The van der Waals surface area contributed by atoms with Crippen molar-refractivity contribution < 1.29 is 14.3 Å². The van der Waals surface area contributed by atoms with Crippen molar-refractivity contribution in [1.29, 1.82) is 0 Å². The first-order chi connectivity index (χ1) is 17.1. The van der Waals surface area contributed by atoms with Crippen LogP contribution in [0, 0.1) is 5.92 Å². The van der Waals surface area contributed by atoms with Gasteiger partial charge in [-0.05, 0) is 59.5 Å². The van der Waals surface area contributed by atoms with Gasteiger partial charge in [-0.3, -0.25) is 9.59 Å². The highest BCUT2D eigenvalue weighted by Gasteiger charge is 2.37. The van der Waals surface area contributed by atoms with E-state index in [9.17, 15) is 9.59 Å². The number of carbonyl (C=O) groups is 1.